The number of nitrogens with zero attached hydrogens (tertiary/aromatic N) is 3. The van der Waals surface area contributed by atoms with Crippen molar-refractivity contribution in [3.8, 4) is 0 Å². The smallest absolute Gasteiger partial charge is 0.255 e. The lowest BCUT2D eigenvalue weighted by atomic mass is 10.0. The van der Waals surface area contributed by atoms with E-state index in [-0.39, 0.29) is 30.3 Å². The molecule has 7 nitrogen and oxygen atoms in total. The normalized spacial score (nSPS) is 29.1. The van der Waals surface area contributed by atoms with Crippen LogP contribution in [0.2, 0.25) is 0 Å². The van der Waals surface area contributed by atoms with Crippen LogP contribution in [0.1, 0.15) is 34.8 Å². The Kier molecular flexibility index (Phi) is 3.48. The fourth-order valence-electron chi connectivity index (χ4n) is 4.71. The molecule has 2 N–H and O–H groups in total. The van der Waals surface area contributed by atoms with E-state index in [1.807, 2.05) is 35.2 Å². The second-order valence-electron chi connectivity index (χ2n) is 7.29. The third kappa shape index (κ3) is 2.28. The first kappa shape index (κ1) is 16.3. The zero-order valence-corrected chi connectivity index (χ0v) is 14.7. The summed E-state index contributed by atoms with van der Waals surface area (Å²) in [5, 5.41) is 0. The van der Waals surface area contributed by atoms with Gasteiger partial charge in [0.25, 0.3) is 5.91 Å². The summed E-state index contributed by atoms with van der Waals surface area (Å²) < 4.78 is 6.24. The molecule has 3 aliphatic heterocycles. The first-order chi connectivity index (χ1) is 13.1. The molecule has 1 aromatic carbocycles. The number of benzene rings is 1. The van der Waals surface area contributed by atoms with Crippen molar-refractivity contribution in [1.29, 1.82) is 0 Å². The molecule has 2 aromatic rings. The number of nitrogens with two attached hydrogens (primary N) is 1. The van der Waals surface area contributed by atoms with Crippen LogP contribution in [0.3, 0.4) is 0 Å². The first-order valence-corrected chi connectivity index (χ1v) is 9.14. The fraction of sp³-hybridized carbons (Fsp3) is 0.350. The maximum absolute atomic E-state index is 13.0. The number of rotatable bonds is 2. The van der Waals surface area contributed by atoms with Gasteiger partial charge >= 0.3 is 0 Å². The van der Waals surface area contributed by atoms with Gasteiger partial charge in [-0.25, -0.2) is 4.98 Å². The van der Waals surface area contributed by atoms with Crippen LogP contribution in [0.5, 0.6) is 0 Å². The van der Waals surface area contributed by atoms with Crippen molar-refractivity contribution in [2.45, 2.75) is 30.7 Å². The Hall–Kier alpha value is -2.93. The molecule has 3 aliphatic rings. The Bertz CT molecular complexity index is 901. The van der Waals surface area contributed by atoms with Crippen LogP contribution < -0.4 is 5.73 Å². The molecule has 2 amide bonds. The highest BCUT2D eigenvalue weighted by molar-refractivity contribution is 5.95. The van der Waals surface area contributed by atoms with Gasteiger partial charge in [0.2, 0.25) is 5.91 Å². The van der Waals surface area contributed by atoms with Crippen molar-refractivity contribution < 1.29 is 14.3 Å². The average molecular weight is 364 g/mol. The van der Waals surface area contributed by atoms with Crippen LogP contribution >= 0.6 is 0 Å². The van der Waals surface area contributed by atoms with Gasteiger partial charge in [-0.15, -0.1) is 0 Å². The van der Waals surface area contributed by atoms with Crippen molar-refractivity contribution >= 4 is 17.6 Å². The molecule has 3 atom stereocenters. The molecule has 3 saturated heterocycles. The third-order valence-corrected chi connectivity index (χ3v) is 5.93. The summed E-state index contributed by atoms with van der Waals surface area (Å²) in [5.41, 5.74) is 6.44. The minimum atomic E-state index is -0.714. The third-order valence-electron chi connectivity index (χ3n) is 5.93. The van der Waals surface area contributed by atoms with Crippen molar-refractivity contribution in [1.82, 2.24) is 14.8 Å². The van der Waals surface area contributed by atoms with Crippen molar-refractivity contribution in [2.24, 2.45) is 0 Å². The van der Waals surface area contributed by atoms with Gasteiger partial charge in [-0.1, -0.05) is 30.3 Å². The Labute approximate surface area is 156 Å². The Balaban J connectivity index is 1.45. The highest BCUT2D eigenvalue weighted by Crippen LogP contribution is 2.51. The molecule has 1 aromatic heterocycles. The van der Waals surface area contributed by atoms with E-state index in [0.29, 0.717) is 31.0 Å². The predicted molar refractivity (Wildman–Crippen MR) is 97.4 cm³/mol. The summed E-state index contributed by atoms with van der Waals surface area (Å²) in [4.78, 5) is 33.5. The molecule has 5 rings (SSSR count). The molecular weight excluding hydrogens is 344 g/mol. The lowest BCUT2D eigenvalue weighted by molar-refractivity contribution is -0.138. The lowest BCUT2D eigenvalue weighted by Gasteiger charge is -2.33. The second kappa shape index (κ2) is 5.79. The highest BCUT2D eigenvalue weighted by Gasteiger charge is 2.65. The van der Waals surface area contributed by atoms with E-state index in [1.165, 1.54) is 6.20 Å². The van der Waals surface area contributed by atoms with E-state index in [1.54, 1.807) is 17.0 Å². The molecule has 3 fully saturated rings. The minimum absolute atomic E-state index is 0.0410. The quantitative estimate of drug-likeness (QED) is 0.874. The van der Waals surface area contributed by atoms with Gasteiger partial charge < -0.3 is 20.3 Å². The number of aromatic nitrogens is 1. The van der Waals surface area contributed by atoms with Crippen LogP contribution in [0.25, 0.3) is 0 Å². The van der Waals surface area contributed by atoms with Crippen molar-refractivity contribution in [3.05, 3.63) is 59.8 Å². The molecule has 138 valence electrons. The molecule has 0 radical (unpaired) electrons. The number of amides is 2. The maximum atomic E-state index is 13.0. The summed E-state index contributed by atoms with van der Waals surface area (Å²) in [5.74, 6) is 0.279. The van der Waals surface area contributed by atoms with Gasteiger partial charge in [-0.05, 0) is 17.7 Å². The van der Waals surface area contributed by atoms with Crippen molar-refractivity contribution in [3.63, 3.8) is 0 Å². The standard InChI is InChI=1S/C20H20N4O3/c21-17-7-6-14(11-22-17)19(26)23-9-8-20-16(23)10-18(25)24(20)15(12-27-20)13-4-2-1-3-5-13/h1-7,11,15-16H,8-10,12H2,(H2,21,22)/t15-,16+,20-/m0/s1. The van der Waals surface area contributed by atoms with Gasteiger partial charge in [0, 0.05) is 19.2 Å². The highest BCUT2D eigenvalue weighted by atomic mass is 16.5. The lowest BCUT2D eigenvalue weighted by Crippen LogP contribution is -2.49. The van der Waals surface area contributed by atoms with Gasteiger partial charge in [0.1, 0.15) is 5.82 Å². The maximum Gasteiger partial charge on any atom is 0.255 e. The van der Waals surface area contributed by atoms with E-state index in [0.717, 1.165) is 5.56 Å². The Morgan fingerprint density at radius 2 is 2.04 bits per heavy atom. The summed E-state index contributed by atoms with van der Waals surface area (Å²) in [7, 11) is 0. The number of pyridine rings is 1. The number of ether oxygens (including phenoxy) is 1. The van der Waals surface area contributed by atoms with Crippen LogP contribution in [-0.2, 0) is 9.53 Å². The Morgan fingerprint density at radius 3 is 2.78 bits per heavy atom. The number of carbonyl (C=O) groups is 2. The molecular formula is C20H20N4O3. The molecule has 7 heteroatoms. The van der Waals surface area contributed by atoms with E-state index >= 15 is 0 Å². The van der Waals surface area contributed by atoms with E-state index in [4.69, 9.17) is 10.5 Å². The predicted octanol–water partition coefficient (Wildman–Crippen LogP) is 1.58. The number of anilines is 1. The number of nitrogen functional groups attached to an aromatic ring is 1. The van der Waals surface area contributed by atoms with Crippen LogP contribution in [0.15, 0.2) is 48.7 Å². The molecule has 4 heterocycles. The van der Waals surface area contributed by atoms with Crippen molar-refractivity contribution in [2.75, 3.05) is 18.9 Å². The number of likely N-dealkylation sites (tertiary alicyclic amines) is 1. The number of carbonyl (C=O) groups excluding carboxylic acids is 2. The molecule has 0 bridgehead atoms. The molecule has 27 heavy (non-hydrogen) atoms. The van der Waals surface area contributed by atoms with Crippen LogP contribution in [0.4, 0.5) is 5.82 Å². The van der Waals surface area contributed by atoms with Crippen LogP contribution in [0, 0.1) is 0 Å². The summed E-state index contributed by atoms with van der Waals surface area (Å²) >= 11 is 0. The molecule has 1 spiro atoms. The topological polar surface area (TPSA) is 88.8 Å². The summed E-state index contributed by atoms with van der Waals surface area (Å²) in [6, 6.07) is 12.8. The molecule has 0 aliphatic carbocycles. The number of hydrogen-bond donors (Lipinski definition) is 1. The fourth-order valence-corrected chi connectivity index (χ4v) is 4.71. The number of hydrogen-bond acceptors (Lipinski definition) is 5. The zero-order chi connectivity index (χ0) is 18.6. The minimum Gasteiger partial charge on any atom is -0.384 e. The molecule has 0 saturated carbocycles. The van der Waals surface area contributed by atoms with Gasteiger partial charge in [-0.2, -0.15) is 0 Å². The summed E-state index contributed by atoms with van der Waals surface area (Å²) in [6.07, 6.45) is 2.40. The summed E-state index contributed by atoms with van der Waals surface area (Å²) in [6.45, 7) is 1.01. The zero-order valence-electron chi connectivity index (χ0n) is 14.7. The first-order valence-electron chi connectivity index (χ1n) is 9.14. The van der Waals surface area contributed by atoms with E-state index in [2.05, 4.69) is 4.98 Å². The van der Waals surface area contributed by atoms with Gasteiger partial charge in [0.05, 0.1) is 30.7 Å². The second-order valence-corrected chi connectivity index (χ2v) is 7.29. The van der Waals surface area contributed by atoms with E-state index < -0.39 is 5.72 Å². The molecule has 0 unspecified atom stereocenters. The monoisotopic (exact) mass is 364 g/mol. The Morgan fingerprint density at radius 1 is 1.22 bits per heavy atom. The van der Waals surface area contributed by atoms with Gasteiger partial charge in [0.15, 0.2) is 5.72 Å². The van der Waals surface area contributed by atoms with Gasteiger partial charge in [-0.3, -0.25) is 9.59 Å². The van der Waals surface area contributed by atoms with E-state index in [9.17, 15) is 9.59 Å². The average Bonchev–Trinajstić information content (AvgIpc) is 3.32. The SMILES string of the molecule is Nc1ccc(C(=O)N2CC[C@@]34OC[C@@H](c5ccccc5)N3C(=O)C[C@@H]24)cn1. The largest absolute Gasteiger partial charge is 0.384 e. The van der Waals surface area contributed by atoms with Crippen LogP contribution in [-0.4, -0.2) is 51.5 Å².